The second-order valence-corrected chi connectivity index (χ2v) is 13.7. The van der Waals surface area contributed by atoms with E-state index in [1.807, 2.05) is 0 Å². The number of ether oxygens (including phenoxy) is 1. The van der Waals surface area contributed by atoms with Crippen molar-refractivity contribution in [3.05, 3.63) is 47.8 Å². The van der Waals surface area contributed by atoms with Crippen LogP contribution in [0.5, 0.6) is 0 Å². The summed E-state index contributed by atoms with van der Waals surface area (Å²) in [5.41, 5.74) is 0.412. The Hall–Kier alpha value is -4.82. The number of carbonyl (C=O) groups excluding carboxylic acids is 7. The van der Waals surface area contributed by atoms with Crippen LogP contribution in [0.15, 0.2) is 36.4 Å². The van der Waals surface area contributed by atoms with Crippen molar-refractivity contribution in [2.75, 3.05) is 26.7 Å². The van der Waals surface area contributed by atoms with Crippen molar-refractivity contribution in [1.82, 2.24) is 30.7 Å². The predicted octanol–water partition coefficient (Wildman–Crippen LogP) is 1.36. The zero-order valence-corrected chi connectivity index (χ0v) is 30.4. The Labute approximate surface area is 303 Å². The van der Waals surface area contributed by atoms with E-state index in [2.05, 4.69) is 22.9 Å². The summed E-state index contributed by atoms with van der Waals surface area (Å²) in [6, 6.07) is -1.11. The number of hydrogen-bond donors (Lipinski definition) is 3. The van der Waals surface area contributed by atoms with E-state index in [1.54, 1.807) is 12.1 Å². The quantitative estimate of drug-likeness (QED) is 0.184. The monoisotopic (exact) mass is 726 g/mol. The van der Waals surface area contributed by atoms with E-state index in [0.29, 0.717) is 37.7 Å². The average Bonchev–Trinajstić information content (AvgIpc) is 3.82. The number of carbonyl (C=O) groups is 7. The van der Waals surface area contributed by atoms with Crippen LogP contribution in [0.4, 0.5) is 4.39 Å². The zero-order valence-electron chi connectivity index (χ0n) is 30.4. The predicted molar refractivity (Wildman–Crippen MR) is 188 cm³/mol. The van der Waals surface area contributed by atoms with Crippen LogP contribution >= 0.6 is 0 Å². The molecule has 6 amide bonds. The van der Waals surface area contributed by atoms with Crippen molar-refractivity contribution < 1.29 is 42.7 Å². The second-order valence-electron chi connectivity index (χ2n) is 13.7. The van der Waals surface area contributed by atoms with Gasteiger partial charge in [-0.15, -0.1) is 0 Å². The minimum Gasteiger partial charge on any atom is -0.461 e. The van der Waals surface area contributed by atoms with Gasteiger partial charge in [0.15, 0.2) is 0 Å². The van der Waals surface area contributed by atoms with E-state index < -0.39 is 90.1 Å². The number of esters is 1. The first-order chi connectivity index (χ1) is 24.8. The van der Waals surface area contributed by atoms with Crippen molar-refractivity contribution in [2.24, 2.45) is 0 Å². The summed E-state index contributed by atoms with van der Waals surface area (Å²) in [5.74, 6) is -4.97. The maximum atomic E-state index is 14.2. The summed E-state index contributed by atoms with van der Waals surface area (Å²) in [5, 5.41) is 7.93. The van der Waals surface area contributed by atoms with Gasteiger partial charge in [0.25, 0.3) is 0 Å². The molecule has 0 bridgehead atoms. The number of benzene rings is 1. The number of unbranched alkanes of at least 4 members (excludes halogenated alkanes) is 3. The fourth-order valence-electron chi connectivity index (χ4n) is 6.75. The zero-order chi connectivity index (χ0) is 37.9. The summed E-state index contributed by atoms with van der Waals surface area (Å²) >= 11 is 0. The van der Waals surface area contributed by atoms with E-state index >= 15 is 0 Å². The van der Waals surface area contributed by atoms with E-state index in [1.165, 1.54) is 59.9 Å². The molecule has 3 fully saturated rings. The van der Waals surface area contributed by atoms with Crippen LogP contribution in [-0.2, 0) is 44.7 Å². The molecule has 15 heteroatoms. The number of halogens is 1. The molecular weight excluding hydrogens is 675 g/mol. The molecule has 0 saturated carbocycles. The number of hydrogen-bond acceptors (Lipinski definition) is 8. The van der Waals surface area contributed by atoms with Gasteiger partial charge in [0.2, 0.25) is 35.4 Å². The first-order valence-corrected chi connectivity index (χ1v) is 18.2. The third-order valence-electron chi connectivity index (χ3n) is 9.88. The smallest absolute Gasteiger partial charge is 0.328 e. The van der Waals surface area contributed by atoms with Crippen LogP contribution in [0.1, 0.15) is 77.7 Å². The largest absolute Gasteiger partial charge is 0.461 e. The van der Waals surface area contributed by atoms with Gasteiger partial charge in [0, 0.05) is 26.6 Å². The van der Waals surface area contributed by atoms with Crippen molar-refractivity contribution in [1.29, 1.82) is 0 Å². The number of fused-ring (bicyclic) bond motifs is 2. The molecule has 3 N–H and O–H groups in total. The van der Waals surface area contributed by atoms with E-state index in [4.69, 9.17) is 4.74 Å². The molecule has 3 saturated heterocycles. The van der Waals surface area contributed by atoms with Crippen molar-refractivity contribution in [3.8, 4) is 0 Å². The van der Waals surface area contributed by atoms with Gasteiger partial charge in [0.05, 0.1) is 0 Å². The van der Waals surface area contributed by atoms with Gasteiger partial charge < -0.3 is 35.4 Å². The molecular formula is C37H51FN6O8. The molecule has 6 atom stereocenters. The normalized spacial score (nSPS) is 25.4. The number of allylic oxidation sites excluding steroid dienone is 1. The molecule has 284 valence electrons. The maximum absolute atomic E-state index is 14.2. The van der Waals surface area contributed by atoms with Gasteiger partial charge >= 0.3 is 5.97 Å². The number of likely N-dealkylation sites (N-methyl/N-ethyl adjacent to an activating group) is 1. The Morgan fingerprint density at radius 2 is 1.69 bits per heavy atom. The molecule has 0 unspecified atom stereocenters. The van der Waals surface area contributed by atoms with Gasteiger partial charge in [-0.2, -0.15) is 0 Å². The highest BCUT2D eigenvalue weighted by atomic mass is 19.1. The molecule has 4 rings (SSSR count). The van der Waals surface area contributed by atoms with E-state index in [-0.39, 0.29) is 19.5 Å². The molecule has 1 aromatic carbocycles. The fraction of sp³-hybridized carbons (Fsp3) is 0.595. The van der Waals surface area contributed by atoms with E-state index in [0.717, 1.165) is 19.3 Å². The Bertz CT molecular complexity index is 1540. The molecule has 0 spiro atoms. The molecule has 3 aliphatic rings. The number of cyclic esters (lactones) is 1. The molecule has 14 nitrogen and oxygen atoms in total. The number of nitrogens with one attached hydrogen (secondary N) is 3. The molecule has 0 radical (unpaired) electrons. The van der Waals surface area contributed by atoms with Gasteiger partial charge in [-0.25, -0.2) is 9.18 Å². The maximum Gasteiger partial charge on any atom is 0.328 e. The highest BCUT2D eigenvalue weighted by molar-refractivity contribution is 5.98. The minimum absolute atomic E-state index is 0.118. The summed E-state index contributed by atoms with van der Waals surface area (Å²) in [7, 11) is 1.44. The van der Waals surface area contributed by atoms with E-state index in [9.17, 15) is 38.0 Å². The van der Waals surface area contributed by atoms with Gasteiger partial charge in [-0.1, -0.05) is 38.0 Å². The van der Waals surface area contributed by atoms with Crippen LogP contribution < -0.4 is 16.0 Å². The first kappa shape index (κ1) is 40.0. The molecule has 1 aromatic rings. The third-order valence-corrected chi connectivity index (χ3v) is 9.88. The van der Waals surface area contributed by atoms with Gasteiger partial charge in [0.1, 0.15) is 48.7 Å². The van der Waals surface area contributed by atoms with Crippen LogP contribution in [0, 0.1) is 5.82 Å². The first-order valence-electron chi connectivity index (χ1n) is 18.2. The lowest BCUT2D eigenvalue weighted by atomic mass is 10.0. The van der Waals surface area contributed by atoms with Gasteiger partial charge in [-0.3, -0.25) is 28.8 Å². The second kappa shape index (κ2) is 18.6. The van der Waals surface area contributed by atoms with Crippen LogP contribution in [0.25, 0.3) is 0 Å². The molecule has 0 aromatic heterocycles. The lowest BCUT2D eigenvalue weighted by Crippen LogP contribution is -2.60. The summed E-state index contributed by atoms with van der Waals surface area (Å²) < 4.78 is 19.7. The Kier molecular flexibility index (Phi) is 14.3. The highest BCUT2D eigenvalue weighted by Gasteiger charge is 2.43. The van der Waals surface area contributed by atoms with Crippen molar-refractivity contribution in [3.63, 3.8) is 0 Å². The third kappa shape index (κ3) is 10.2. The van der Waals surface area contributed by atoms with Crippen LogP contribution in [0.3, 0.4) is 0 Å². The highest BCUT2D eigenvalue weighted by Crippen LogP contribution is 2.23. The number of amides is 6. The lowest BCUT2D eigenvalue weighted by Gasteiger charge is -2.34. The molecule has 3 heterocycles. The molecule has 52 heavy (non-hydrogen) atoms. The SMILES string of the molecule is CCCCC/C=C/C(=O)N[C@@H](Cc1cccc(F)c1)C(=O)N[C@H]1COC(=O)[C@@H]2CCCN2C(=O)[C@H](C)NC(=O)[C@H](C)N(C)C(=O)[C@@H]2CCCN2C1=O. The Morgan fingerprint density at radius 1 is 1.00 bits per heavy atom. The molecule has 3 aliphatic heterocycles. The standard InChI is InChI=1S/C37H51FN6O8/c1-5-6-7-8-9-17-31(45)40-27(21-25-13-10-14-26(38)20-25)33(47)41-28-22-52-37(51)30-16-12-19-44(30)34(48)23(2)39-32(46)24(3)42(4)36(50)29-15-11-18-43(29)35(28)49/h9-10,13-14,17,20,23-24,27-30H,5-8,11-12,15-16,18-19,21-22H2,1-4H3,(H,39,46)(H,40,45)(H,41,47)/b17-9+/t23-,24-,27-,28-,29-,30-/m0/s1. The van der Waals surface area contributed by atoms with Gasteiger partial charge in [-0.05, 0) is 76.1 Å². The Morgan fingerprint density at radius 3 is 2.38 bits per heavy atom. The van der Waals surface area contributed by atoms with Crippen LogP contribution in [-0.4, -0.2) is 119 Å². The Balaban J connectivity index is 1.64. The average molecular weight is 727 g/mol. The summed E-state index contributed by atoms with van der Waals surface area (Å²) in [6.45, 7) is 4.88. The number of rotatable bonds is 10. The van der Waals surface area contributed by atoms with Crippen molar-refractivity contribution >= 4 is 41.4 Å². The summed E-state index contributed by atoms with van der Waals surface area (Å²) in [4.78, 5) is 98.6. The van der Waals surface area contributed by atoms with Crippen molar-refractivity contribution in [2.45, 2.75) is 115 Å². The topological polar surface area (TPSA) is 175 Å². The molecule has 0 aliphatic carbocycles. The summed E-state index contributed by atoms with van der Waals surface area (Å²) in [6.07, 6.45) is 8.04. The number of nitrogens with zero attached hydrogens (tertiary/aromatic N) is 3. The fourth-order valence-corrected chi connectivity index (χ4v) is 6.75. The lowest BCUT2D eigenvalue weighted by molar-refractivity contribution is -0.158. The van der Waals surface area contributed by atoms with Crippen LogP contribution in [0.2, 0.25) is 0 Å². The minimum atomic E-state index is -1.48.